The summed E-state index contributed by atoms with van der Waals surface area (Å²) < 4.78 is 5.33. The number of hydrogen-bond acceptors (Lipinski definition) is 6. The maximum atomic E-state index is 12.1. The molecule has 27 heavy (non-hydrogen) atoms. The van der Waals surface area contributed by atoms with Crippen molar-refractivity contribution in [2.75, 3.05) is 7.11 Å². The zero-order valence-corrected chi connectivity index (χ0v) is 15.5. The average Bonchev–Trinajstić information content (AvgIpc) is 2.58. The molecular formula is C17H22N4O6. The van der Waals surface area contributed by atoms with E-state index in [0.29, 0.717) is 11.4 Å². The molecule has 0 bridgehead atoms. The summed E-state index contributed by atoms with van der Waals surface area (Å²) in [6.07, 6.45) is 1.56. The number of aromatic amines is 2. The van der Waals surface area contributed by atoms with Gasteiger partial charge in [-0.1, -0.05) is 0 Å². The average molecular weight is 378 g/mol. The van der Waals surface area contributed by atoms with Gasteiger partial charge in [0.1, 0.15) is 5.75 Å². The zero-order valence-electron chi connectivity index (χ0n) is 15.5. The van der Waals surface area contributed by atoms with Gasteiger partial charge in [-0.25, -0.2) is 4.79 Å². The van der Waals surface area contributed by atoms with Crippen molar-refractivity contribution in [2.24, 2.45) is 0 Å². The number of carbonyl (C=O) groups is 2. The summed E-state index contributed by atoms with van der Waals surface area (Å²) in [5.74, 6) is 0.401. The second-order valence-electron chi connectivity index (χ2n) is 5.62. The van der Waals surface area contributed by atoms with Gasteiger partial charge in [-0.2, -0.15) is 0 Å². The second kappa shape index (κ2) is 9.90. The molecular weight excluding hydrogens is 356 g/mol. The van der Waals surface area contributed by atoms with E-state index in [9.17, 15) is 14.4 Å². The summed E-state index contributed by atoms with van der Waals surface area (Å²) in [5, 5.41) is 9.62. The van der Waals surface area contributed by atoms with E-state index in [1.54, 1.807) is 20.2 Å². The SMILES string of the molecule is COc1c(C)cnc(CNC(=O)Cc2c(C)[nH]c(=O)[nH]c2=O)c1C.O=CO. The number of ether oxygens (including phenoxy) is 1. The predicted octanol–water partition coefficient (Wildman–Crippen LogP) is -0.0482. The number of aromatic nitrogens is 3. The van der Waals surface area contributed by atoms with Gasteiger partial charge in [0, 0.05) is 28.6 Å². The normalized spacial score (nSPS) is 9.78. The van der Waals surface area contributed by atoms with Crippen LogP contribution in [0, 0.1) is 20.8 Å². The van der Waals surface area contributed by atoms with Crippen molar-refractivity contribution in [3.8, 4) is 5.75 Å². The Morgan fingerprint density at radius 3 is 2.48 bits per heavy atom. The van der Waals surface area contributed by atoms with Crippen molar-refractivity contribution in [1.82, 2.24) is 20.3 Å². The topological polar surface area (TPSA) is 154 Å². The lowest BCUT2D eigenvalue weighted by molar-refractivity contribution is -0.123. The molecule has 0 aliphatic carbocycles. The summed E-state index contributed by atoms with van der Waals surface area (Å²) in [6.45, 7) is 5.32. The molecule has 10 heteroatoms. The van der Waals surface area contributed by atoms with E-state index in [0.717, 1.165) is 16.9 Å². The van der Waals surface area contributed by atoms with E-state index >= 15 is 0 Å². The van der Waals surface area contributed by atoms with Crippen molar-refractivity contribution in [3.05, 3.63) is 55.1 Å². The molecule has 146 valence electrons. The number of nitrogens with zero attached hydrogens (tertiary/aromatic N) is 1. The molecule has 0 fully saturated rings. The fourth-order valence-corrected chi connectivity index (χ4v) is 2.49. The van der Waals surface area contributed by atoms with Gasteiger partial charge in [-0.15, -0.1) is 0 Å². The molecule has 0 unspecified atom stereocenters. The third kappa shape index (κ3) is 5.80. The highest BCUT2D eigenvalue weighted by molar-refractivity contribution is 5.78. The second-order valence-corrected chi connectivity index (χ2v) is 5.62. The van der Waals surface area contributed by atoms with E-state index in [1.807, 2.05) is 13.8 Å². The van der Waals surface area contributed by atoms with E-state index in [1.165, 1.54) is 0 Å². The summed E-state index contributed by atoms with van der Waals surface area (Å²) >= 11 is 0. The predicted molar refractivity (Wildman–Crippen MR) is 96.9 cm³/mol. The van der Waals surface area contributed by atoms with Crippen LogP contribution in [0.3, 0.4) is 0 Å². The Labute approximate surface area is 154 Å². The van der Waals surface area contributed by atoms with Crippen molar-refractivity contribution in [3.63, 3.8) is 0 Å². The molecule has 0 atom stereocenters. The van der Waals surface area contributed by atoms with Crippen LogP contribution in [0.4, 0.5) is 0 Å². The van der Waals surface area contributed by atoms with Crippen LogP contribution in [0.2, 0.25) is 0 Å². The molecule has 0 spiro atoms. The number of nitrogens with one attached hydrogen (secondary N) is 3. The quantitative estimate of drug-likeness (QED) is 0.532. The van der Waals surface area contributed by atoms with Crippen molar-refractivity contribution < 1.29 is 19.4 Å². The Balaban J connectivity index is 0.00000114. The van der Waals surface area contributed by atoms with Crippen molar-refractivity contribution >= 4 is 12.4 Å². The third-order valence-corrected chi connectivity index (χ3v) is 3.79. The minimum absolute atomic E-state index is 0.125. The summed E-state index contributed by atoms with van der Waals surface area (Å²) in [7, 11) is 1.59. The highest BCUT2D eigenvalue weighted by Crippen LogP contribution is 2.23. The standard InChI is InChI=1S/C16H20N4O4.CH2O2/c1-8-6-17-12(9(2)14(8)24-4)7-18-13(21)5-11-10(3)19-16(23)20-15(11)22;2-1-3/h6H,5,7H2,1-4H3,(H,18,21)(H2,19,20,22,23);1H,(H,2,3). The first-order chi connectivity index (χ1) is 12.7. The van der Waals surface area contributed by atoms with Crippen LogP contribution in [-0.2, 0) is 22.6 Å². The van der Waals surface area contributed by atoms with E-state index < -0.39 is 11.2 Å². The van der Waals surface area contributed by atoms with Crippen LogP contribution in [-0.4, -0.2) is 39.5 Å². The lowest BCUT2D eigenvalue weighted by Gasteiger charge is -2.13. The molecule has 0 saturated carbocycles. The van der Waals surface area contributed by atoms with E-state index in [2.05, 4.69) is 20.3 Å². The molecule has 4 N–H and O–H groups in total. The maximum Gasteiger partial charge on any atom is 0.325 e. The van der Waals surface area contributed by atoms with Gasteiger partial charge in [0.25, 0.3) is 12.0 Å². The molecule has 10 nitrogen and oxygen atoms in total. The Kier molecular flexibility index (Phi) is 7.92. The third-order valence-electron chi connectivity index (χ3n) is 3.79. The van der Waals surface area contributed by atoms with Gasteiger partial charge in [-0.3, -0.25) is 24.4 Å². The number of aryl methyl sites for hydroxylation is 2. The number of amides is 1. The van der Waals surface area contributed by atoms with Crippen molar-refractivity contribution in [2.45, 2.75) is 33.7 Å². The number of pyridine rings is 1. The van der Waals surface area contributed by atoms with Crippen LogP contribution in [0.25, 0.3) is 0 Å². The number of carbonyl (C=O) groups excluding carboxylic acids is 1. The van der Waals surface area contributed by atoms with Crippen LogP contribution in [0.15, 0.2) is 15.8 Å². The first-order valence-corrected chi connectivity index (χ1v) is 7.90. The van der Waals surface area contributed by atoms with E-state index in [4.69, 9.17) is 14.6 Å². The molecule has 2 aromatic rings. The lowest BCUT2D eigenvalue weighted by Crippen LogP contribution is -2.32. The first-order valence-electron chi connectivity index (χ1n) is 7.90. The fraction of sp³-hybridized carbons (Fsp3) is 0.353. The van der Waals surface area contributed by atoms with E-state index in [-0.39, 0.29) is 30.9 Å². The smallest absolute Gasteiger partial charge is 0.325 e. The highest BCUT2D eigenvalue weighted by atomic mass is 16.5. The minimum Gasteiger partial charge on any atom is -0.496 e. The van der Waals surface area contributed by atoms with Crippen LogP contribution in [0.5, 0.6) is 5.75 Å². The molecule has 0 aliphatic rings. The van der Waals surface area contributed by atoms with Crippen LogP contribution >= 0.6 is 0 Å². The monoisotopic (exact) mass is 378 g/mol. The number of H-pyrrole nitrogens is 2. The molecule has 0 aliphatic heterocycles. The number of hydrogen-bond donors (Lipinski definition) is 4. The molecule has 1 amide bonds. The minimum atomic E-state index is -0.590. The summed E-state index contributed by atoms with van der Waals surface area (Å²) in [5.41, 5.74) is 1.93. The Morgan fingerprint density at radius 2 is 1.93 bits per heavy atom. The Bertz CT molecular complexity index is 932. The number of rotatable bonds is 5. The molecule has 2 aromatic heterocycles. The fourth-order valence-electron chi connectivity index (χ4n) is 2.49. The van der Waals surface area contributed by atoms with Crippen LogP contribution in [0.1, 0.15) is 28.1 Å². The Hall–Kier alpha value is -3.43. The largest absolute Gasteiger partial charge is 0.496 e. The zero-order chi connectivity index (χ0) is 20.6. The number of methoxy groups -OCH3 is 1. The van der Waals surface area contributed by atoms with Crippen LogP contribution < -0.4 is 21.3 Å². The lowest BCUT2D eigenvalue weighted by atomic mass is 10.1. The van der Waals surface area contributed by atoms with Crippen molar-refractivity contribution in [1.29, 1.82) is 0 Å². The molecule has 0 radical (unpaired) electrons. The molecule has 2 heterocycles. The first kappa shape index (κ1) is 21.6. The summed E-state index contributed by atoms with van der Waals surface area (Å²) in [6, 6.07) is 0. The van der Waals surface area contributed by atoms with Gasteiger partial charge in [0.15, 0.2) is 0 Å². The Morgan fingerprint density at radius 1 is 1.30 bits per heavy atom. The van der Waals surface area contributed by atoms with Gasteiger partial charge >= 0.3 is 5.69 Å². The maximum absolute atomic E-state index is 12.1. The van der Waals surface area contributed by atoms with Gasteiger partial charge in [0.2, 0.25) is 5.91 Å². The molecule has 0 aromatic carbocycles. The molecule has 0 saturated heterocycles. The van der Waals surface area contributed by atoms with Gasteiger partial charge in [0.05, 0.1) is 25.8 Å². The van der Waals surface area contributed by atoms with Gasteiger partial charge < -0.3 is 20.1 Å². The number of carboxylic acid groups (broad SMARTS) is 1. The molecule has 2 rings (SSSR count). The van der Waals surface area contributed by atoms with Gasteiger partial charge in [-0.05, 0) is 20.8 Å². The summed E-state index contributed by atoms with van der Waals surface area (Å²) in [4.78, 5) is 52.3. The highest BCUT2D eigenvalue weighted by Gasteiger charge is 2.13.